The smallest absolute Gasteiger partial charge is 0.220 e. The van der Waals surface area contributed by atoms with Crippen LogP contribution >= 0.6 is 0 Å². The van der Waals surface area contributed by atoms with Gasteiger partial charge >= 0.3 is 0 Å². The molecule has 0 heterocycles. The summed E-state index contributed by atoms with van der Waals surface area (Å²) in [6.45, 7) is 1.75. The van der Waals surface area contributed by atoms with Gasteiger partial charge in [0, 0.05) is 18.5 Å². The van der Waals surface area contributed by atoms with Crippen molar-refractivity contribution in [2.45, 2.75) is 25.4 Å². The highest BCUT2D eigenvalue weighted by Crippen LogP contribution is 2.20. The molecule has 0 saturated heterocycles. The van der Waals surface area contributed by atoms with E-state index in [0.29, 0.717) is 0 Å². The Bertz CT molecular complexity index is 676. The number of hydrogen-bond acceptors (Lipinski definition) is 2. The van der Waals surface area contributed by atoms with E-state index in [-0.39, 0.29) is 36.2 Å². The quantitative estimate of drug-likeness (QED) is 0.858. The lowest BCUT2D eigenvalue weighted by Gasteiger charge is -2.15. The van der Waals surface area contributed by atoms with Gasteiger partial charge in [0.1, 0.15) is 11.6 Å². The largest absolute Gasteiger partial charge is 0.386 e. The van der Waals surface area contributed by atoms with E-state index in [4.69, 9.17) is 0 Å². The van der Waals surface area contributed by atoms with Gasteiger partial charge in [0.2, 0.25) is 5.91 Å². The van der Waals surface area contributed by atoms with Crippen LogP contribution in [0, 0.1) is 11.6 Å². The summed E-state index contributed by atoms with van der Waals surface area (Å²) < 4.78 is 26.7. The number of hydrogen-bond donors (Lipinski definition) is 2. The van der Waals surface area contributed by atoms with E-state index in [9.17, 15) is 18.7 Å². The summed E-state index contributed by atoms with van der Waals surface area (Å²) in [6, 6.07) is 12.0. The molecular formula is C18H19F2NO2. The molecule has 23 heavy (non-hydrogen) atoms. The van der Waals surface area contributed by atoms with Gasteiger partial charge in [-0.2, -0.15) is 0 Å². The molecule has 1 amide bonds. The van der Waals surface area contributed by atoms with Crippen molar-refractivity contribution in [2.75, 3.05) is 6.54 Å². The second-order valence-corrected chi connectivity index (χ2v) is 5.50. The predicted molar refractivity (Wildman–Crippen MR) is 83.8 cm³/mol. The summed E-state index contributed by atoms with van der Waals surface area (Å²) in [5, 5.41) is 12.5. The lowest BCUT2D eigenvalue weighted by atomic mass is 9.97. The van der Waals surface area contributed by atoms with Crippen molar-refractivity contribution in [3.63, 3.8) is 0 Å². The third-order valence-corrected chi connectivity index (χ3v) is 3.67. The highest BCUT2D eigenvalue weighted by atomic mass is 19.1. The number of amides is 1. The third-order valence-electron chi connectivity index (χ3n) is 3.67. The Labute approximate surface area is 134 Å². The molecule has 2 unspecified atom stereocenters. The van der Waals surface area contributed by atoms with Crippen molar-refractivity contribution >= 4 is 5.91 Å². The van der Waals surface area contributed by atoms with E-state index in [1.165, 1.54) is 30.3 Å². The normalized spacial score (nSPS) is 13.4. The van der Waals surface area contributed by atoms with Gasteiger partial charge in [-0.25, -0.2) is 8.78 Å². The molecule has 2 atom stereocenters. The standard InChI is InChI=1S/C18H19F2NO2/c1-12(13-5-4-6-14(19)10-13)9-18(23)21-11-17(22)15-7-2-3-8-16(15)20/h2-8,10,12,17,22H,9,11H2,1H3,(H,21,23). The van der Waals surface area contributed by atoms with Gasteiger partial charge in [-0.3, -0.25) is 4.79 Å². The van der Waals surface area contributed by atoms with Crippen LogP contribution < -0.4 is 5.32 Å². The number of benzene rings is 2. The van der Waals surface area contributed by atoms with E-state index < -0.39 is 11.9 Å². The van der Waals surface area contributed by atoms with E-state index >= 15 is 0 Å². The van der Waals surface area contributed by atoms with Gasteiger partial charge in [-0.05, 0) is 29.7 Å². The number of rotatable bonds is 6. The number of nitrogens with one attached hydrogen (secondary N) is 1. The molecule has 0 aliphatic rings. The monoisotopic (exact) mass is 319 g/mol. The van der Waals surface area contributed by atoms with Crippen LogP contribution in [-0.4, -0.2) is 17.6 Å². The second-order valence-electron chi connectivity index (χ2n) is 5.50. The van der Waals surface area contributed by atoms with Crippen molar-refractivity contribution in [3.8, 4) is 0 Å². The Morgan fingerprint density at radius 2 is 1.91 bits per heavy atom. The zero-order chi connectivity index (χ0) is 16.8. The molecule has 3 nitrogen and oxygen atoms in total. The molecule has 0 aromatic heterocycles. The molecule has 2 aromatic rings. The zero-order valence-electron chi connectivity index (χ0n) is 12.8. The Kier molecular flexibility index (Phi) is 5.82. The summed E-state index contributed by atoms with van der Waals surface area (Å²) in [6.07, 6.45) is -0.947. The van der Waals surface area contributed by atoms with Gasteiger partial charge in [-0.1, -0.05) is 37.3 Å². The van der Waals surface area contributed by atoms with Crippen LogP contribution in [-0.2, 0) is 4.79 Å². The maximum atomic E-state index is 13.5. The van der Waals surface area contributed by atoms with Crippen LogP contribution in [0.15, 0.2) is 48.5 Å². The molecule has 2 rings (SSSR count). The summed E-state index contributed by atoms with van der Waals surface area (Å²) >= 11 is 0. The molecule has 0 fully saturated rings. The molecule has 5 heteroatoms. The van der Waals surface area contributed by atoms with Crippen molar-refractivity contribution in [2.24, 2.45) is 0 Å². The van der Waals surface area contributed by atoms with Crippen LogP contribution in [0.3, 0.4) is 0 Å². The molecule has 0 saturated carbocycles. The maximum absolute atomic E-state index is 13.5. The summed E-state index contributed by atoms with van der Waals surface area (Å²) in [5.41, 5.74) is 0.876. The lowest BCUT2D eigenvalue weighted by Crippen LogP contribution is -2.29. The van der Waals surface area contributed by atoms with Crippen LogP contribution in [0.2, 0.25) is 0 Å². The van der Waals surface area contributed by atoms with Crippen LogP contribution in [0.4, 0.5) is 8.78 Å². The van der Waals surface area contributed by atoms with Gasteiger partial charge < -0.3 is 10.4 Å². The molecule has 0 aliphatic heterocycles. The van der Waals surface area contributed by atoms with E-state index in [1.807, 2.05) is 6.92 Å². The molecule has 0 bridgehead atoms. The minimum atomic E-state index is -1.11. The van der Waals surface area contributed by atoms with Crippen molar-refractivity contribution < 1.29 is 18.7 Å². The van der Waals surface area contributed by atoms with E-state index in [0.717, 1.165) is 5.56 Å². The van der Waals surface area contributed by atoms with Crippen LogP contribution in [0.25, 0.3) is 0 Å². The Hall–Kier alpha value is -2.27. The number of carbonyl (C=O) groups is 1. The fraction of sp³-hybridized carbons (Fsp3) is 0.278. The Morgan fingerprint density at radius 1 is 1.17 bits per heavy atom. The first kappa shape index (κ1) is 17.1. The summed E-state index contributed by atoms with van der Waals surface area (Å²) in [5.74, 6) is -1.29. The molecule has 2 N–H and O–H groups in total. The van der Waals surface area contributed by atoms with Crippen molar-refractivity contribution in [1.82, 2.24) is 5.32 Å². The average molecular weight is 319 g/mol. The molecular weight excluding hydrogens is 300 g/mol. The van der Waals surface area contributed by atoms with Crippen molar-refractivity contribution in [1.29, 1.82) is 0 Å². The SMILES string of the molecule is CC(CC(=O)NCC(O)c1ccccc1F)c1cccc(F)c1. The van der Waals surface area contributed by atoms with E-state index in [2.05, 4.69) is 5.32 Å². The molecule has 122 valence electrons. The highest BCUT2D eigenvalue weighted by molar-refractivity contribution is 5.76. The Morgan fingerprint density at radius 3 is 2.61 bits per heavy atom. The number of carbonyl (C=O) groups excluding carboxylic acids is 1. The van der Waals surface area contributed by atoms with Gasteiger partial charge in [0.25, 0.3) is 0 Å². The Balaban J connectivity index is 1.86. The van der Waals surface area contributed by atoms with E-state index in [1.54, 1.807) is 18.2 Å². The van der Waals surface area contributed by atoms with Gasteiger partial charge in [0.15, 0.2) is 0 Å². The summed E-state index contributed by atoms with van der Waals surface area (Å²) in [7, 11) is 0. The first-order valence-corrected chi connectivity index (χ1v) is 7.42. The van der Waals surface area contributed by atoms with Crippen LogP contribution in [0.1, 0.15) is 36.5 Å². The van der Waals surface area contributed by atoms with Crippen LogP contribution in [0.5, 0.6) is 0 Å². The number of aliphatic hydroxyl groups excluding tert-OH is 1. The average Bonchev–Trinajstić information content (AvgIpc) is 2.53. The highest BCUT2D eigenvalue weighted by Gasteiger charge is 2.15. The lowest BCUT2D eigenvalue weighted by molar-refractivity contribution is -0.121. The topological polar surface area (TPSA) is 49.3 Å². The zero-order valence-corrected chi connectivity index (χ0v) is 12.8. The summed E-state index contributed by atoms with van der Waals surface area (Å²) in [4.78, 5) is 11.9. The molecule has 2 aromatic carbocycles. The molecule has 0 spiro atoms. The minimum absolute atomic E-state index is 0.0738. The fourth-order valence-electron chi connectivity index (χ4n) is 2.35. The van der Waals surface area contributed by atoms with Gasteiger partial charge in [0.05, 0.1) is 6.10 Å². The molecule has 0 radical (unpaired) electrons. The minimum Gasteiger partial charge on any atom is -0.386 e. The first-order valence-electron chi connectivity index (χ1n) is 7.42. The van der Waals surface area contributed by atoms with Gasteiger partial charge in [-0.15, -0.1) is 0 Å². The number of aliphatic hydroxyl groups is 1. The fourth-order valence-corrected chi connectivity index (χ4v) is 2.35. The molecule has 0 aliphatic carbocycles. The third kappa shape index (κ3) is 4.86. The first-order chi connectivity index (χ1) is 11.0. The second kappa shape index (κ2) is 7.83. The number of halogens is 2. The predicted octanol–water partition coefficient (Wildman–Crippen LogP) is 3.31. The maximum Gasteiger partial charge on any atom is 0.220 e. The van der Waals surface area contributed by atoms with Crippen molar-refractivity contribution in [3.05, 3.63) is 71.3 Å².